The van der Waals surface area contributed by atoms with E-state index in [0.29, 0.717) is 11.1 Å². The molecular formula is C11H10O2S. The van der Waals surface area contributed by atoms with Crippen LogP contribution in [0, 0.1) is 0 Å². The van der Waals surface area contributed by atoms with Gasteiger partial charge in [-0.15, -0.1) is 11.8 Å². The number of rotatable bonds is 0. The fraction of sp³-hybridized carbons (Fsp3) is 0.182. The van der Waals surface area contributed by atoms with Crippen LogP contribution < -0.4 is 0 Å². The van der Waals surface area contributed by atoms with Crippen LogP contribution in [0.4, 0.5) is 0 Å². The second-order valence-corrected chi connectivity index (χ2v) is 4.55. The van der Waals surface area contributed by atoms with Crippen molar-refractivity contribution in [3.8, 4) is 0 Å². The topological polar surface area (TPSA) is 37.3 Å². The molecule has 0 aromatic heterocycles. The molecule has 2 rings (SSSR count). The number of benzene rings is 1. The highest BCUT2D eigenvalue weighted by Gasteiger charge is 2.27. The van der Waals surface area contributed by atoms with Crippen molar-refractivity contribution in [2.45, 2.75) is 17.1 Å². The second kappa shape index (κ2) is 3.50. The van der Waals surface area contributed by atoms with E-state index in [4.69, 9.17) is 5.11 Å². The Morgan fingerprint density at radius 1 is 1.43 bits per heavy atom. The van der Waals surface area contributed by atoms with Gasteiger partial charge in [-0.2, -0.15) is 0 Å². The van der Waals surface area contributed by atoms with Crippen LogP contribution in [-0.4, -0.2) is 16.1 Å². The van der Waals surface area contributed by atoms with E-state index in [0.717, 1.165) is 11.2 Å². The predicted molar refractivity (Wildman–Crippen MR) is 56.8 cm³/mol. The third-order valence-corrected chi connectivity index (χ3v) is 3.49. The molecule has 72 valence electrons. The molecule has 0 radical (unpaired) electrons. The zero-order valence-corrected chi connectivity index (χ0v) is 8.54. The Hall–Kier alpha value is -1.22. The molecule has 0 amide bonds. The van der Waals surface area contributed by atoms with Gasteiger partial charge in [-0.3, -0.25) is 4.79 Å². The van der Waals surface area contributed by atoms with Crippen LogP contribution in [0.15, 0.2) is 41.0 Å². The summed E-state index contributed by atoms with van der Waals surface area (Å²) in [6, 6.07) is 7.48. The minimum absolute atomic E-state index is 0.0300. The molecule has 1 aliphatic heterocycles. The molecule has 0 saturated heterocycles. The van der Waals surface area contributed by atoms with Gasteiger partial charge in [0.25, 0.3) is 0 Å². The van der Waals surface area contributed by atoms with Crippen molar-refractivity contribution in [2.75, 3.05) is 0 Å². The minimum Gasteiger partial charge on any atom is -0.515 e. The number of fused-ring (bicyclic) bond motifs is 1. The summed E-state index contributed by atoms with van der Waals surface area (Å²) in [5.41, 5.74) is 1.17. The maximum atomic E-state index is 11.8. The maximum absolute atomic E-state index is 11.8. The van der Waals surface area contributed by atoms with Crippen LogP contribution in [0.2, 0.25) is 0 Å². The summed E-state index contributed by atoms with van der Waals surface area (Å²) in [5.74, 6) is -0.0608. The summed E-state index contributed by atoms with van der Waals surface area (Å²) in [4.78, 5) is 12.8. The minimum atomic E-state index is -0.0608. The number of thioether (sulfide) groups is 1. The molecule has 0 fully saturated rings. The van der Waals surface area contributed by atoms with Gasteiger partial charge >= 0.3 is 0 Å². The van der Waals surface area contributed by atoms with Crippen LogP contribution in [-0.2, 0) is 0 Å². The molecular weight excluding hydrogens is 196 g/mol. The monoisotopic (exact) mass is 206 g/mol. The lowest BCUT2D eigenvalue weighted by atomic mass is 10.0. The Bertz CT molecular complexity index is 410. The Kier molecular flexibility index (Phi) is 2.33. The Morgan fingerprint density at radius 2 is 2.14 bits per heavy atom. The lowest BCUT2D eigenvalue weighted by molar-refractivity contribution is 0.102. The van der Waals surface area contributed by atoms with Crippen molar-refractivity contribution in [3.05, 3.63) is 41.7 Å². The normalized spacial score (nSPS) is 23.6. The Balaban J connectivity index is 2.54. The van der Waals surface area contributed by atoms with Crippen molar-refractivity contribution in [2.24, 2.45) is 0 Å². The number of aliphatic hydroxyl groups is 1. The average molecular weight is 206 g/mol. The molecule has 0 aliphatic carbocycles. The van der Waals surface area contributed by atoms with E-state index in [1.165, 1.54) is 0 Å². The van der Waals surface area contributed by atoms with E-state index < -0.39 is 0 Å². The van der Waals surface area contributed by atoms with Crippen LogP contribution in [0.25, 0.3) is 0 Å². The number of ketones is 1. The molecule has 1 N–H and O–H groups in total. The van der Waals surface area contributed by atoms with E-state index in [1.54, 1.807) is 17.8 Å². The first-order valence-electron chi connectivity index (χ1n) is 4.38. The zero-order valence-electron chi connectivity index (χ0n) is 7.73. The summed E-state index contributed by atoms with van der Waals surface area (Å²) in [5, 5.41) is 8.99. The van der Waals surface area contributed by atoms with E-state index in [1.807, 2.05) is 25.1 Å². The van der Waals surface area contributed by atoms with Gasteiger partial charge in [0.05, 0.1) is 6.26 Å². The van der Waals surface area contributed by atoms with Crippen molar-refractivity contribution in [1.82, 2.24) is 0 Å². The molecule has 1 heterocycles. The summed E-state index contributed by atoms with van der Waals surface area (Å²) in [6.45, 7) is 1.92. The number of hydrogen-bond acceptors (Lipinski definition) is 3. The van der Waals surface area contributed by atoms with Gasteiger partial charge in [-0.05, 0) is 19.1 Å². The van der Waals surface area contributed by atoms with Crippen molar-refractivity contribution >= 4 is 17.5 Å². The Morgan fingerprint density at radius 3 is 2.86 bits per heavy atom. The third kappa shape index (κ3) is 1.34. The van der Waals surface area contributed by atoms with E-state index in [9.17, 15) is 4.79 Å². The molecule has 14 heavy (non-hydrogen) atoms. The highest BCUT2D eigenvalue weighted by Crippen LogP contribution is 2.37. The molecule has 0 bridgehead atoms. The maximum Gasteiger partial charge on any atom is 0.194 e. The molecule has 0 spiro atoms. The molecule has 2 nitrogen and oxygen atoms in total. The van der Waals surface area contributed by atoms with Gasteiger partial charge < -0.3 is 5.11 Å². The Labute approximate surface area is 86.6 Å². The molecule has 3 heteroatoms. The SMILES string of the molecule is CC1Sc2ccccc2C(=O)/C1=C\O. The number of Topliss-reactive ketones (excluding diaryl/α,β-unsaturated/α-hetero) is 1. The number of carbonyl (C=O) groups excluding carboxylic acids is 1. The number of hydrogen-bond donors (Lipinski definition) is 1. The van der Waals surface area contributed by atoms with Gasteiger partial charge in [-0.25, -0.2) is 0 Å². The summed E-state index contributed by atoms with van der Waals surface area (Å²) >= 11 is 1.60. The van der Waals surface area contributed by atoms with Crippen LogP contribution in [0.3, 0.4) is 0 Å². The van der Waals surface area contributed by atoms with Crippen molar-refractivity contribution < 1.29 is 9.90 Å². The second-order valence-electron chi connectivity index (χ2n) is 3.17. The summed E-state index contributed by atoms with van der Waals surface area (Å²) in [6.07, 6.45) is 0.927. The van der Waals surface area contributed by atoms with Gasteiger partial charge in [0, 0.05) is 21.3 Å². The average Bonchev–Trinajstić information content (AvgIpc) is 2.18. The van der Waals surface area contributed by atoms with E-state index in [-0.39, 0.29) is 11.0 Å². The van der Waals surface area contributed by atoms with Crippen molar-refractivity contribution in [3.63, 3.8) is 0 Å². The number of carbonyl (C=O) groups is 1. The fourth-order valence-corrected chi connectivity index (χ4v) is 2.64. The largest absolute Gasteiger partial charge is 0.515 e. The van der Waals surface area contributed by atoms with Gasteiger partial charge in [0.1, 0.15) is 0 Å². The van der Waals surface area contributed by atoms with Crippen LogP contribution in [0.5, 0.6) is 0 Å². The van der Waals surface area contributed by atoms with E-state index >= 15 is 0 Å². The third-order valence-electron chi connectivity index (χ3n) is 2.27. The highest BCUT2D eigenvalue weighted by molar-refractivity contribution is 8.00. The molecule has 1 aromatic rings. The van der Waals surface area contributed by atoms with Crippen LogP contribution in [0.1, 0.15) is 17.3 Å². The molecule has 1 aliphatic rings. The quantitative estimate of drug-likeness (QED) is 0.524. The summed E-state index contributed by atoms with van der Waals surface area (Å²) < 4.78 is 0. The first-order valence-corrected chi connectivity index (χ1v) is 5.26. The van der Waals surface area contributed by atoms with Crippen molar-refractivity contribution in [1.29, 1.82) is 0 Å². The highest BCUT2D eigenvalue weighted by atomic mass is 32.2. The molecule has 1 aromatic carbocycles. The fourth-order valence-electron chi connectivity index (χ4n) is 1.51. The van der Waals surface area contributed by atoms with Gasteiger partial charge in [-0.1, -0.05) is 12.1 Å². The van der Waals surface area contributed by atoms with Crippen LogP contribution >= 0.6 is 11.8 Å². The lowest BCUT2D eigenvalue weighted by Crippen LogP contribution is -2.18. The predicted octanol–water partition coefficient (Wildman–Crippen LogP) is 2.81. The lowest BCUT2D eigenvalue weighted by Gasteiger charge is -2.21. The smallest absolute Gasteiger partial charge is 0.194 e. The molecule has 1 unspecified atom stereocenters. The zero-order chi connectivity index (χ0) is 10.1. The standard InChI is InChI=1S/C11H10O2S/c1-7-9(6-12)11(13)8-4-2-3-5-10(8)14-7/h2-7,12H,1H3/b9-6-. The van der Waals surface area contributed by atoms with E-state index in [2.05, 4.69) is 0 Å². The first-order chi connectivity index (χ1) is 6.74. The molecule has 1 atom stereocenters. The first kappa shape index (κ1) is 9.34. The molecule has 0 saturated carbocycles. The van der Waals surface area contributed by atoms with Gasteiger partial charge in [0.15, 0.2) is 5.78 Å². The van der Waals surface area contributed by atoms with Gasteiger partial charge in [0.2, 0.25) is 0 Å². The summed E-state index contributed by atoms with van der Waals surface area (Å²) in [7, 11) is 0. The number of aliphatic hydroxyl groups excluding tert-OH is 1.